The van der Waals surface area contributed by atoms with Crippen molar-refractivity contribution in [2.75, 3.05) is 13.6 Å². The lowest BCUT2D eigenvalue weighted by Gasteiger charge is -2.22. The van der Waals surface area contributed by atoms with E-state index in [2.05, 4.69) is 20.9 Å². The minimum absolute atomic E-state index is 0. The van der Waals surface area contributed by atoms with Gasteiger partial charge >= 0.3 is 0 Å². The van der Waals surface area contributed by atoms with Crippen molar-refractivity contribution in [3.05, 3.63) is 69.3 Å². The quantitative estimate of drug-likeness (QED) is 0.456. The van der Waals surface area contributed by atoms with Gasteiger partial charge in [-0.2, -0.15) is 4.74 Å². The van der Waals surface area contributed by atoms with Crippen LogP contribution in [0.2, 0.25) is 0 Å². The Balaban J connectivity index is 0.00000225. The molecule has 0 radical (unpaired) electrons. The highest BCUT2D eigenvalue weighted by molar-refractivity contribution is 9.10. The van der Waals surface area contributed by atoms with Gasteiger partial charge in [-0.15, -0.1) is 12.4 Å². The van der Waals surface area contributed by atoms with Crippen molar-refractivity contribution in [2.45, 2.75) is 13.2 Å². The molecule has 0 aromatic heterocycles. The van der Waals surface area contributed by atoms with Crippen molar-refractivity contribution >= 4 is 45.6 Å². The smallest absolute Gasteiger partial charge is 0.228 e. The largest absolute Gasteiger partial charge is 0.623 e. The standard InChI is InChI=1S/C18H18BrN3O2.ClH/c1-12(23)21(2)17-11-22(24)18(13-6-4-3-5-7-13)15-10-14(19)8-9-16(15)20-17;/h3-10,12,23H,11H2,1-2H3;1H. The van der Waals surface area contributed by atoms with E-state index in [-0.39, 0.29) is 19.0 Å². The number of hydroxylamine groups is 1. The maximum atomic E-state index is 12.9. The van der Waals surface area contributed by atoms with Gasteiger partial charge in [0.2, 0.25) is 12.3 Å². The van der Waals surface area contributed by atoms with Gasteiger partial charge < -0.3 is 15.2 Å². The maximum Gasteiger partial charge on any atom is 0.228 e. The van der Waals surface area contributed by atoms with Crippen molar-refractivity contribution in [1.82, 2.24) is 4.90 Å². The lowest BCUT2D eigenvalue weighted by Crippen LogP contribution is -2.39. The summed E-state index contributed by atoms with van der Waals surface area (Å²) in [6, 6.07) is 15.2. The molecule has 2 aromatic rings. The summed E-state index contributed by atoms with van der Waals surface area (Å²) in [7, 11) is 1.73. The molecule has 1 heterocycles. The Bertz CT molecular complexity index is 822. The predicted molar refractivity (Wildman–Crippen MR) is 106 cm³/mol. The molecule has 7 heteroatoms. The number of aliphatic hydroxyl groups is 1. The zero-order chi connectivity index (χ0) is 17.3. The summed E-state index contributed by atoms with van der Waals surface area (Å²) < 4.78 is 1.82. The Kier molecular flexibility index (Phi) is 6.21. The number of aliphatic imine (C=N–C) groups is 1. The fraction of sp³-hybridized carbons (Fsp3) is 0.222. The lowest BCUT2D eigenvalue weighted by atomic mass is 10.0. The van der Waals surface area contributed by atoms with E-state index in [1.165, 1.54) is 0 Å². The van der Waals surface area contributed by atoms with Gasteiger partial charge in [-0.05, 0) is 37.3 Å². The second kappa shape index (κ2) is 7.99. The molecule has 1 atom stereocenters. The topological polar surface area (TPSA) is 61.9 Å². The first kappa shape index (κ1) is 19.4. The summed E-state index contributed by atoms with van der Waals surface area (Å²) in [5.74, 6) is 0.523. The summed E-state index contributed by atoms with van der Waals surface area (Å²) in [6.45, 7) is 1.71. The van der Waals surface area contributed by atoms with Crippen LogP contribution in [-0.4, -0.2) is 46.1 Å². The van der Waals surface area contributed by atoms with Gasteiger partial charge in [-0.3, -0.25) is 0 Å². The highest BCUT2D eigenvalue weighted by Gasteiger charge is 2.26. The van der Waals surface area contributed by atoms with Crippen LogP contribution >= 0.6 is 28.3 Å². The van der Waals surface area contributed by atoms with Crippen molar-refractivity contribution in [1.29, 1.82) is 0 Å². The van der Waals surface area contributed by atoms with E-state index in [0.717, 1.165) is 20.3 Å². The minimum Gasteiger partial charge on any atom is -0.623 e. The molecule has 0 spiro atoms. The van der Waals surface area contributed by atoms with Gasteiger partial charge in [0.05, 0.1) is 11.3 Å². The molecule has 2 aromatic carbocycles. The first-order valence-electron chi connectivity index (χ1n) is 7.63. The Morgan fingerprint density at radius 1 is 1.24 bits per heavy atom. The highest BCUT2D eigenvalue weighted by atomic mass is 79.9. The van der Waals surface area contributed by atoms with Crippen LogP contribution < -0.4 is 0 Å². The number of aliphatic hydroxyl groups excluding tert-OH is 1. The van der Waals surface area contributed by atoms with Gasteiger partial charge in [-0.1, -0.05) is 34.1 Å². The Morgan fingerprint density at radius 3 is 2.56 bits per heavy atom. The second-order valence-electron chi connectivity index (χ2n) is 5.68. The molecule has 1 aliphatic heterocycles. The molecule has 0 amide bonds. The highest BCUT2D eigenvalue weighted by Crippen LogP contribution is 2.28. The maximum absolute atomic E-state index is 12.9. The van der Waals surface area contributed by atoms with Gasteiger partial charge in [0, 0.05) is 17.1 Å². The van der Waals surface area contributed by atoms with Gasteiger partial charge in [0.1, 0.15) is 6.23 Å². The zero-order valence-corrected chi connectivity index (χ0v) is 16.3. The molecule has 5 nitrogen and oxygen atoms in total. The summed E-state index contributed by atoms with van der Waals surface area (Å²) in [6.07, 6.45) is -0.727. The summed E-state index contributed by atoms with van der Waals surface area (Å²) in [4.78, 5) is 6.23. The number of rotatable bonds is 2. The van der Waals surface area contributed by atoms with Crippen LogP contribution in [-0.2, 0) is 0 Å². The Morgan fingerprint density at radius 2 is 1.92 bits per heavy atom. The second-order valence-corrected chi connectivity index (χ2v) is 6.60. The van der Waals surface area contributed by atoms with E-state index >= 15 is 0 Å². The average Bonchev–Trinajstić information content (AvgIpc) is 2.70. The molecule has 1 unspecified atom stereocenters. The van der Waals surface area contributed by atoms with E-state index in [0.29, 0.717) is 17.2 Å². The minimum atomic E-state index is -0.727. The molecule has 0 fully saturated rings. The number of amidine groups is 1. The Labute approximate surface area is 161 Å². The normalized spacial score (nSPS) is 14.8. The van der Waals surface area contributed by atoms with Crippen molar-refractivity contribution in [3.63, 3.8) is 0 Å². The number of hydrogen-bond donors (Lipinski definition) is 1. The van der Waals surface area contributed by atoms with Gasteiger partial charge in [-0.25, -0.2) is 4.99 Å². The summed E-state index contributed by atoms with van der Waals surface area (Å²) in [5.41, 5.74) is 2.88. The molecule has 1 aliphatic rings. The predicted octanol–water partition coefficient (Wildman–Crippen LogP) is 3.53. The van der Waals surface area contributed by atoms with E-state index in [4.69, 9.17) is 0 Å². The molecular formula is C18H19BrClN3O2. The number of fused-ring (bicyclic) bond motifs is 1. The monoisotopic (exact) mass is 423 g/mol. The first-order valence-corrected chi connectivity index (χ1v) is 8.42. The van der Waals surface area contributed by atoms with Crippen LogP contribution in [0.1, 0.15) is 18.1 Å². The number of benzene rings is 2. The molecule has 1 N–H and O–H groups in total. The van der Waals surface area contributed by atoms with Crippen molar-refractivity contribution < 1.29 is 9.85 Å². The zero-order valence-electron chi connectivity index (χ0n) is 13.9. The van der Waals surface area contributed by atoms with Gasteiger partial charge in [0.25, 0.3) is 0 Å². The van der Waals surface area contributed by atoms with Crippen LogP contribution in [0, 0.1) is 5.21 Å². The Hall–Kier alpha value is -1.89. The van der Waals surface area contributed by atoms with Crippen molar-refractivity contribution in [3.8, 4) is 0 Å². The van der Waals surface area contributed by atoms with E-state index in [1.807, 2.05) is 48.5 Å². The molecule has 0 aliphatic carbocycles. The summed E-state index contributed by atoms with van der Waals surface area (Å²) in [5, 5.41) is 22.7. The van der Waals surface area contributed by atoms with Crippen LogP contribution in [0.5, 0.6) is 0 Å². The SMILES string of the molecule is CC(O)N(C)C1=Nc2ccc(Br)cc2C(c2ccccc2)=[N+]([O-])C1.Cl. The first-order chi connectivity index (χ1) is 11.5. The van der Waals surface area contributed by atoms with Crippen LogP contribution in [0.15, 0.2) is 58.0 Å². The average molecular weight is 425 g/mol. The number of likely N-dealkylation sites (N-methyl/N-ethyl adjacent to an activating group) is 1. The third kappa shape index (κ3) is 4.03. The molecule has 0 saturated heterocycles. The van der Waals surface area contributed by atoms with Crippen molar-refractivity contribution in [2.24, 2.45) is 4.99 Å². The molecule has 132 valence electrons. The number of halogens is 2. The third-order valence-corrected chi connectivity index (χ3v) is 4.51. The summed E-state index contributed by atoms with van der Waals surface area (Å²) >= 11 is 3.47. The fourth-order valence-electron chi connectivity index (χ4n) is 2.61. The third-order valence-electron chi connectivity index (χ3n) is 4.01. The van der Waals surface area contributed by atoms with Crippen LogP contribution in [0.4, 0.5) is 5.69 Å². The van der Waals surface area contributed by atoms with E-state index in [1.54, 1.807) is 18.9 Å². The number of nitrogens with zero attached hydrogens (tertiary/aromatic N) is 3. The van der Waals surface area contributed by atoms with Gasteiger partial charge in [0.15, 0.2) is 5.84 Å². The molecule has 0 saturated carbocycles. The molecule has 0 bridgehead atoms. The molecule has 25 heavy (non-hydrogen) atoms. The fourth-order valence-corrected chi connectivity index (χ4v) is 2.97. The number of hydrogen-bond acceptors (Lipinski definition) is 4. The van der Waals surface area contributed by atoms with Crippen LogP contribution in [0.25, 0.3) is 0 Å². The molecule has 3 rings (SSSR count). The van der Waals surface area contributed by atoms with Crippen LogP contribution in [0.3, 0.4) is 0 Å². The molecular weight excluding hydrogens is 406 g/mol. The lowest BCUT2D eigenvalue weighted by molar-refractivity contribution is -0.440. The van der Waals surface area contributed by atoms with E-state index < -0.39 is 6.23 Å². The van der Waals surface area contributed by atoms with E-state index in [9.17, 15) is 10.3 Å².